The molecule has 2 aromatic rings. The van der Waals surface area contributed by atoms with E-state index in [1.165, 1.54) is 4.90 Å². The highest BCUT2D eigenvalue weighted by Crippen LogP contribution is 2.55. The summed E-state index contributed by atoms with van der Waals surface area (Å²) >= 11 is 0. The lowest BCUT2D eigenvalue weighted by molar-refractivity contribution is -0.121. The van der Waals surface area contributed by atoms with Crippen LogP contribution in [0.1, 0.15) is 37.8 Å². The molecule has 30 heavy (non-hydrogen) atoms. The predicted molar refractivity (Wildman–Crippen MR) is 115 cm³/mol. The Kier molecular flexibility index (Phi) is 3.81. The molecule has 1 unspecified atom stereocenters. The number of carbonyl (C=O) groups is 2. The molecule has 0 aromatic heterocycles. The average Bonchev–Trinajstić information content (AvgIpc) is 3.15. The van der Waals surface area contributed by atoms with Gasteiger partial charge >= 0.3 is 0 Å². The van der Waals surface area contributed by atoms with E-state index < -0.39 is 11.1 Å². The number of likely N-dealkylation sites (N-methyl/N-ethyl adjacent to an activating group) is 1. The van der Waals surface area contributed by atoms with E-state index >= 15 is 0 Å². The summed E-state index contributed by atoms with van der Waals surface area (Å²) in [5, 5.41) is 0. The zero-order valence-corrected chi connectivity index (χ0v) is 17.6. The molecule has 1 atom stereocenters. The van der Waals surface area contributed by atoms with Crippen LogP contribution in [-0.2, 0) is 15.0 Å². The highest BCUT2D eigenvalue weighted by atomic mass is 16.5. The first kappa shape index (κ1) is 18.7. The smallest absolute Gasteiger partial charge is 0.234 e. The van der Waals surface area contributed by atoms with Gasteiger partial charge in [0.15, 0.2) is 0 Å². The minimum Gasteiger partial charge on any atom is -0.497 e. The maximum Gasteiger partial charge on any atom is 0.234 e. The highest BCUT2D eigenvalue weighted by molar-refractivity contribution is 6.20. The molecule has 0 N–H and O–H groups in total. The molecule has 154 valence electrons. The number of benzene rings is 2. The monoisotopic (exact) mass is 404 g/mol. The van der Waals surface area contributed by atoms with Gasteiger partial charge in [-0.15, -0.1) is 0 Å². The predicted octanol–water partition coefficient (Wildman–Crippen LogP) is 3.88. The fraction of sp³-hybridized carbons (Fsp3) is 0.333. The Morgan fingerprint density at radius 2 is 1.77 bits per heavy atom. The number of carbonyl (C=O) groups excluding carboxylic acids is 2. The number of fused-ring (bicyclic) bond motifs is 2. The maximum absolute atomic E-state index is 12.3. The van der Waals surface area contributed by atoms with Gasteiger partial charge in [-0.05, 0) is 61.9 Å². The summed E-state index contributed by atoms with van der Waals surface area (Å²) in [5.74, 6) is 1.21. The Balaban J connectivity index is 1.60. The number of amides is 2. The molecule has 3 aliphatic heterocycles. The number of anilines is 2. The molecule has 1 fully saturated rings. The van der Waals surface area contributed by atoms with E-state index in [2.05, 4.69) is 30.9 Å². The Hall–Kier alpha value is -3.28. The van der Waals surface area contributed by atoms with Crippen molar-refractivity contribution in [1.29, 1.82) is 0 Å². The molecule has 5 rings (SSSR count). The van der Waals surface area contributed by atoms with Crippen molar-refractivity contribution in [3.63, 3.8) is 0 Å². The van der Waals surface area contributed by atoms with Crippen LogP contribution in [0.4, 0.5) is 11.4 Å². The van der Waals surface area contributed by atoms with Gasteiger partial charge in [0.1, 0.15) is 11.5 Å². The van der Waals surface area contributed by atoms with Crippen LogP contribution < -0.4 is 19.3 Å². The van der Waals surface area contributed by atoms with Crippen molar-refractivity contribution >= 4 is 29.3 Å². The molecule has 6 nitrogen and oxygen atoms in total. The van der Waals surface area contributed by atoms with Crippen LogP contribution in [0.2, 0.25) is 0 Å². The SMILES string of the molecule is COc1ccc2c(c1)OC1(C=C2)N(C)c2ccc(N3C(=O)CCC3=O)cc2C1(C)C. The van der Waals surface area contributed by atoms with E-state index in [1.807, 2.05) is 43.4 Å². The second-order valence-electron chi connectivity index (χ2n) is 8.54. The van der Waals surface area contributed by atoms with Gasteiger partial charge < -0.3 is 14.4 Å². The molecular formula is C24H24N2O4. The van der Waals surface area contributed by atoms with Gasteiger partial charge in [0.05, 0.1) is 18.2 Å². The molecular weight excluding hydrogens is 380 g/mol. The second-order valence-corrected chi connectivity index (χ2v) is 8.54. The number of imide groups is 1. The van der Waals surface area contributed by atoms with Gasteiger partial charge in [-0.25, -0.2) is 0 Å². The quantitative estimate of drug-likeness (QED) is 0.711. The molecule has 6 heteroatoms. The molecule has 2 aromatic carbocycles. The number of ether oxygens (including phenoxy) is 2. The molecule has 0 aliphatic carbocycles. The lowest BCUT2D eigenvalue weighted by atomic mass is 9.76. The van der Waals surface area contributed by atoms with E-state index in [1.54, 1.807) is 7.11 Å². The fourth-order valence-corrected chi connectivity index (χ4v) is 4.90. The largest absolute Gasteiger partial charge is 0.497 e. The minimum atomic E-state index is -0.744. The van der Waals surface area contributed by atoms with Gasteiger partial charge in [0.2, 0.25) is 17.5 Å². The van der Waals surface area contributed by atoms with Crippen LogP contribution in [0.3, 0.4) is 0 Å². The average molecular weight is 404 g/mol. The summed E-state index contributed by atoms with van der Waals surface area (Å²) in [6, 6.07) is 11.6. The van der Waals surface area contributed by atoms with Crippen molar-refractivity contribution in [2.45, 2.75) is 37.8 Å². The van der Waals surface area contributed by atoms with Crippen molar-refractivity contribution in [1.82, 2.24) is 0 Å². The summed E-state index contributed by atoms with van der Waals surface area (Å²) in [4.78, 5) is 27.9. The van der Waals surface area contributed by atoms with E-state index in [9.17, 15) is 9.59 Å². The number of nitrogens with zero attached hydrogens (tertiary/aromatic N) is 2. The summed E-state index contributed by atoms with van der Waals surface area (Å²) in [6.45, 7) is 4.25. The lowest BCUT2D eigenvalue weighted by Gasteiger charge is -2.45. The van der Waals surface area contributed by atoms with Crippen molar-refractivity contribution in [3.8, 4) is 11.5 Å². The number of methoxy groups -OCH3 is 1. The van der Waals surface area contributed by atoms with Crippen molar-refractivity contribution < 1.29 is 19.1 Å². The third-order valence-corrected chi connectivity index (χ3v) is 6.69. The van der Waals surface area contributed by atoms with Crippen LogP contribution in [0.15, 0.2) is 42.5 Å². The van der Waals surface area contributed by atoms with Crippen molar-refractivity contribution in [2.24, 2.45) is 0 Å². The molecule has 0 bridgehead atoms. The summed E-state index contributed by atoms with van der Waals surface area (Å²) in [5.41, 5.74) is 2.48. The standard InChI is InChI=1S/C24H24N2O4/c1-23(2)18-13-16(26-21(27)9-10-22(26)28)6-8-19(18)25(3)24(23)12-11-15-5-7-17(29-4)14-20(15)30-24/h5-8,11-14H,9-10H2,1-4H3. The molecule has 2 amide bonds. The van der Waals surface area contributed by atoms with Gasteiger partial charge in [0.25, 0.3) is 0 Å². The lowest BCUT2D eigenvalue weighted by Crippen LogP contribution is -2.58. The first-order valence-corrected chi connectivity index (χ1v) is 10.1. The molecule has 0 radical (unpaired) electrons. The van der Waals surface area contributed by atoms with Crippen LogP contribution in [-0.4, -0.2) is 31.7 Å². The van der Waals surface area contributed by atoms with E-state index in [-0.39, 0.29) is 24.7 Å². The number of hydrogen-bond acceptors (Lipinski definition) is 5. The third kappa shape index (κ3) is 2.30. The van der Waals surface area contributed by atoms with Crippen LogP contribution in [0.25, 0.3) is 6.08 Å². The third-order valence-electron chi connectivity index (χ3n) is 6.69. The molecule has 0 saturated carbocycles. The number of hydrogen-bond donors (Lipinski definition) is 0. The van der Waals surface area contributed by atoms with Crippen molar-refractivity contribution in [2.75, 3.05) is 24.0 Å². The maximum atomic E-state index is 12.3. The Morgan fingerprint density at radius 1 is 1.03 bits per heavy atom. The summed E-state index contributed by atoms with van der Waals surface area (Å²) < 4.78 is 12.0. The van der Waals surface area contributed by atoms with Crippen LogP contribution in [0, 0.1) is 0 Å². The van der Waals surface area contributed by atoms with E-state index in [0.717, 1.165) is 28.3 Å². The first-order valence-electron chi connectivity index (χ1n) is 10.1. The summed E-state index contributed by atoms with van der Waals surface area (Å²) in [7, 11) is 3.65. The van der Waals surface area contributed by atoms with Crippen molar-refractivity contribution in [3.05, 3.63) is 53.6 Å². The fourth-order valence-electron chi connectivity index (χ4n) is 4.90. The minimum absolute atomic E-state index is 0.145. The Morgan fingerprint density at radius 3 is 2.47 bits per heavy atom. The number of rotatable bonds is 2. The van der Waals surface area contributed by atoms with E-state index in [0.29, 0.717) is 5.69 Å². The molecule has 3 heterocycles. The highest BCUT2D eigenvalue weighted by Gasteiger charge is 2.58. The van der Waals surface area contributed by atoms with Crippen LogP contribution >= 0.6 is 0 Å². The van der Waals surface area contributed by atoms with Crippen LogP contribution in [0.5, 0.6) is 11.5 Å². The zero-order valence-electron chi connectivity index (χ0n) is 17.6. The normalized spacial score (nSPS) is 23.6. The first-order chi connectivity index (χ1) is 14.3. The van der Waals surface area contributed by atoms with Gasteiger partial charge in [-0.3, -0.25) is 14.5 Å². The summed E-state index contributed by atoms with van der Waals surface area (Å²) in [6.07, 6.45) is 4.71. The molecule has 3 aliphatic rings. The Bertz CT molecular complexity index is 1100. The van der Waals surface area contributed by atoms with E-state index in [4.69, 9.17) is 9.47 Å². The molecule has 1 saturated heterocycles. The zero-order chi connectivity index (χ0) is 21.3. The Labute approximate surface area is 175 Å². The molecule has 1 spiro atoms. The topological polar surface area (TPSA) is 59.1 Å². The van der Waals surface area contributed by atoms with Gasteiger partial charge in [-0.1, -0.05) is 0 Å². The van der Waals surface area contributed by atoms with Gasteiger partial charge in [-0.2, -0.15) is 0 Å². The van der Waals surface area contributed by atoms with Gasteiger partial charge in [0, 0.05) is 37.2 Å². The second kappa shape index (κ2) is 6.11.